The van der Waals surface area contributed by atoms with Crippen LogP contribution in [0.3, 0.4) is 0 Å². The van der Waals surface area contributed by atoms with E-state index in [2.05, 4.69) is 130 Å². The van der Waals surface area contributed by atoms with Crippen LogP contribution >= 0.6 is 0 Å². The van der Waals surface area contributed by atoms with E-state index >= 15 is 0 Å². The molecule has 0 heterocycles. The van der Waals surface area contributed by atoms with Crippen LogP contribution < -0.4 is 0 Å². The van der Waals surface area contributed by atoms with Gasteiger partial charge < -0.3 is 14.2 Å². The van der Waals surface area contributed by atoms with Crippen molar-refractivity contribution in [3.05, 3.63) is 109 Å². The Bertz CT molecular complexity index is 1460. The molecule has 0 rings (SSSR count). The van der Waals surface area contributed by atoms with Gasteiger partial charge in [-0.3, -0.25) is 14.4 Å². The minimum Gasteiger partial charge on any atom is -0.462 e. The lowest BCUT2D eigenvalue weighted by Crippen LogP contribution is -2.30. The van der Waals surface area contributed by atoms with Crippen molar-refractivity contribution in [2.75, 3.05) is 13.2 Å². The Morgan fingerprint density at radius 1 is 0.296 bits per heavy atom. The predicted molar refractivity (Wildman–Crippen MR) is 307 cm³/mol. The summed E-state index contributed by atoms with van der Waals surface area (Å²) in [5.74, 6) is -0.947. The quantitative estimate of drug-likeness (QED) is 0.0261. The summed E-state index contributed by atoms with van der Waals surface area (Å²) in [6.07, 6.45) is 79.4. The zero-order chi connectivity index (χ0) is 51.4. The summed E-state index contributed by atoms with van der Waals surface area (Å²) < 4.78 is 16.8. The highest BCUT2D eigenvalue weighted by molar-refractivity contribution is 5.71. The van der Waals surface area contributed by atoms with Gasteiger partial charge in [-0.15, -0.1) is 0 Å². The number of carbonyl (C=O) groups is 3. The van der Waals surface area contributed by atoms with Crippen LogP contribution in [0.5, 0.6) is 0 Å². The Morgan fingerprint density at radius 3 is 0.944 bits per heavy atom. The Kier molecular flexibility index (Phi) is 55.4. The number of hydrogen-bond donors (Lipinski definition) is 0. The molecule has 0 amide bonds. The lowest BCUT2D eigenvalue weighted by molar-refractivity contribution is -0.167. The summed E-state index contributed by atoms with van der Waals surface area (Å²) in [4.78, 5) is 38.1. The van der Waals surface area contributed by atoms with Crippen molar-refractivity contribution < 1.29 is 28.6 Å². The molecular formula is C65H108O6. The van der Waals surface area contributed by atoms with Gasteiger partial charge in [0.15, 0.2) is 6.10 Å². The van der Waals surface area contributed by atoms with E-state index in [4.69, 9.17) is 14.2 Å². The molecule has 0 aromatic rings. The maximum Gasteiger partial charge on any atom is 0.306 e. The summed E-state index contributed by atoms with van der Waals surface area (Å²) in [5.41, 5.74) is 0. The van der Waals surface area contributed by atoms with Gasteiger partial charge in [0.2, 0.25) is 0 Å². The molecule has 0 fully saturated rings. The smallest absolute Gasteiger partial charge is 0.306 e. The zero-order valence-corrected chi connectivity index (χ0v) is 46.2. The number of ether oxygens (including phenoxy) is 3. The van der Waals surface area contributed by atoms with Crippen molar-refractivity contribution in [2.24, 2.45) is 0 Å². The molecule has 0 radical (unpaired) electrons. The van der Waals surface area contributed by atoms with E-state index in [0.717, 1.165) is 122 Å². The topological polar surface area (TPSA) is 78.9 Å². The number of hydrogen-bond acceptors (Lipinski definition) is 6. The molecule has 6 heteroatoms. The highest BCUT2D eigenvalue weighted by Crippen LogP contribution is 2.15. The third kappa shape index (κ3) is 56.9. The van der Waals surface area contributed by atoms with Gasteiger partial charge in [0.25, 0.3) is 0 Å². The minimum absolute atomic E-state index is 0.0955. The number of carbonyl (C=O) groups excluding carboxylic acids is 3. The second kappa shape index (κ2) is 58.6. The minimum atomic E-state index is -0.799. The van der Waals surface area contributed by atoms with Gasteiger partial charge in [-0.25, -0.2) is 0 Å². The number of unbranched alkanes of at least 4 members (excludes halogenated alkanes) is 23. The van der Waals surface area contributed by atoms with Gasteiger partial charge >= 0.3 is 17.9 Å². The molecule has 0 aromatic heterocycles. The molecule has 0 N–H and O–H groups in total. The van der Waals surface area contributed by atoms with Gasteiger partial charge in [-0.2, -0.15) is 0 Å². The van der Waals surface area contributed by atoms with E-state index in [1.807, 2.05) is 0 Å². The van der Waals surface area contributed by atoms with Gasteiger partial charge in [0.05, 0.1) is 0 Å². The second-order valence-corrected chi connectivity index (χ2v) is 19.2. The molecule has 0 aliphatic carbocycles. The maximum absolute atomic E-state index is 12.8. The van der Waals surface area contributed by atoms with Crippen LogP contribution in [0.15, 0.2) is 109 Å². The Hall–Kier alpha value is -3.93. The van der Waals surface area contributed by atoms with Crippen LogP contribution in [0.4, 0.5) is 0 Å². The third-order valence-electron chi connectivity index (χ3n) is 12.3. The summed E-state index contributed by atoms with van der Waals surface area (Å²) in [6, 6.07) is 0. The van der Waals surface area contributed by atoms with Crippen LogP contribution in [0.1, 0.15) is 265 Å². The summed E-state index contributed by atoms with van der Waals surface area (Å²) in [6.45, 7) is 6.45. The molecule has 0 aromatic carbocycles. The Morgan fingerprint density at radius 2 is 0.563 bits per heavy atom. The van der Waals surface area contributed by atoms with E-state index in [1.54, 1.807) is 0 Å². The third-order valence-corrected chi connectivity index (χ3v) is 12.3. The van der Waals surface area contributed by atoms with Gasteiger partial charge in [0.1, 0.15) is 13.2 Å². The first-order chi connectivity index (χ1) is 35.0. The van der Waals surface area contributed by atoms with Gasteiger partial charge in [-0.05, 0) is 103 Å². The van der Waals surface area contributed by atoms with Crippen LogP contribution in [0, 0.1) is 0 Å². The molecule has 0 spiro atoms. The molecule has 1 unspecified atom stereocenters. The SMILES string of the molecule is CC/C=C\C/C=C\C/C=C\C/C=C\C/C=C\C/C=C\C/C=C\C/C=C\CCCCC(=O)OCC(COC(=O)CCCCCCC/C=C\CCCC)OC(=O)CCCCCCCCCCCCCCCCC. The molecule has 0 bridgehead atoms. The maximum atomic E-state index is 12.8. The van der Waals surface area contributed by atoms with Crippen LogP contribution in [0.25, 0.3) is 0 Å². The fourth-order valence-electron chi connectivity index (χ4n) is 7.85. The molecule has 404 valence electrons. The Labute approximate surface area is 438 Å². The molecule has 1 atom stereocenters. The van der Waals surface area contributed by atoms with E-state index in [0.29, 0.717) is 19.3 Å². The van der Waals surface area contributed by atoms with Crippen molar-refractivity contribution in [2.45, 2.75) is 271 Å². The van der Waals surface area contributed by atoms with E-state index in [9.17, 15) is 14.4 Å². The average Bonchev–Trinajstić information content (AvgIpc) is 3.37. The molecule has 6 nitrogen and oxygen atoms in total. The summed E-state index contributed by atoms with van der Waals surface area (Å²) in [7, 11) is 0. The molecule has 0 aliphatic rings. The predicted octanol–water partition coefficient (Wildman–Crippen LogP) is 19.9. The van der Waals surface area contributed by atoms with Gasteiger partial charge in [0, 0.05) is 19.3 Å². The average molecular weight is 986 g/mol. The first kappa shape index (κ1) is 67.1. The standard InChI is InChI=1S/C65H108O6/c1-4-7-10-13-16-19-22-24-26-27-28-29-30-31-32-33-34-35-36-37-39-40-43-46-49-52-55-58-64(67)70-61-62(60-69-63(66)57-54-51-48-45-42-21-18-15-12-9-6-3)71-65(68)59-56-53-50-47-44-41-38-25-23-20-17-14-11-8-5-2/h7,10,15-16,18-19,24,26,28-29,31-32,34-35,37,39,43,46,62H,4-6,8-9,11-14,17,20-23,25,27,30,33,36,38,40-42,44-45,47-61H2,1-3H3/b10-7-,18-15-,19-16-,26-24-,29-28-,32-31-,35-34-,39-37-,46-43-. The van der Waals surface area contributed by atoms with E-state index in [1.165, 1.54) is 103 Å². The molecule has 0 saturated heterocycles. The van der Waals surface area contributed by atoms with E-state index in [-0.39, 0.29) is 31.1 Å². The fraction of sp³-hybridized carbons (Fsp3) is 0.677. The molecule has 71 heavy (non-hydrogen) atoms. The first-order valence-electron chi connectivity index (χ1n) is 29.4. The highest BCUT2D eigenvalue weighted by Gasteiger charge is 2.19. The molecular weight excluding hydrogens is 877 g/mol. The van der Waals surface area contributed by atoms with Crippen molar-refractivity contribution in [3.8, 4) is 0 Å². The van der Waals surface area contributed by atoms with Crippen LogP contribution in [0.2, 0.25) is 0 Å². The molecule has 0 aliphatic heterocycles. The van der Waals surface area contributed by atoms with Gasteiger partial charge in [-0.1, -0.05) is 252 Å². The first-order valence-corrected chi connectivity index (χ1v) is 29.4. The highest BCUT2D eigenvalue weighted by atomic mass is 16.6. The van der Waals surface area contributed by atoms with Crippen LogP contribution in [-0.2, 0) is 28.6 Å². The fourth-order valence-corrected chi connectivity index (χ4v) is 7.85. The summed E-state index contributed by atoms with van der Waals surface area (Å²) in [5, 5.41) is 0. The van der Waals surface area contributed by atoms with Crippen molar-refractivity contribution in [1.82, 2.24) is 0 Å². The lowest BCUT2D eigenvalue weighted by atomic mass is 10.0. The van der Waals surface area contributed by atoms with Crippen molar-refractivity contribution >= 4 is 17.9 Å². The molecule has 0 saturated carbocycles. The number of esters is 3. The van der Waals surface area contributed by atoms with Crippen LogP contribution in [-0.4, -0.2) is 37.2 Å². The second-order valence-electron chi connectivity index (χ2n) is 19.2. The van der Waals surface area contributed by atoms with E-state index < -0.39 is 6.10 Å². The van der Waals surface area contributed by atoms with Crippen molar-refractivity contribution in [1.29, 1.82) is 0 Å². The largest absolute Gasteiger partial charge is 0.462 e. The monoisotopic (exact) mass is 985 g/mol. The summed E-state index contributed by atoms with van der Waals surface area (Å²) >= 11 is 0. The Balaban J connectivity index is 4.39. The lowest BCUT2D eigenvalue weighted by Gasteiger charge is -2.18. The normalized spacial score (nSPS) is 12.9. The number of allylic oxidation sites excluding steroid dienone is 18. The number of rotatable bonds is 52. The van der Waals surface area contributed by atoms with Crippen molar-refractivity contribution in [3.63, 3.8) is 0 Å². The zero-order valence-electron chi connectivity index (χ0n) is 46.2.